The number of hydrogen-bond donors (Lipinski definition) is 3. The third kappa shape index (κ3) is 4.39. The van der Waals surface area contributed by atoms with Gasteiger partial charge in [0.2, 0.25) is 0 Å². The first-order valence-electron chi connectivity index (χ1n) is 11.2. The number of aromatic carboxylic acids is 1. The van der Waals surface area contributed by atoms with Crippen LogP contribution < -0.4 is 10.6 Å². The molecule has 2 saturated heterocycles. The number of halogens is 5. The summed E-state index contributed by atoms with van der Waals surface area (Å²) in [6.45, 7) is 0.404. The monoisotopic (exact) mass is 579 g/mol. The standard InChI is InChI=1S/C25H18BrF4N3O4/c26-17-10-18(31-22(34)11-7-12(25(28,29)30)9-13(27)8-11)19-20(14-3-1-2-4-15(14)23(35)36)32-24(37)33-6-5-16(17)21(19)33/h1-4,7-10,16,20-21H,5-6H2,(H,31,34)(H,32,37)(H,35,36). The summed E-state index contributed by atoms with van der Waals surface area (Å²) in [6, 6.07) is 5.76. The zero-order valence-corrected chi connectivity index (χ0v) is 20.4. The molecule has 2 fully saturated rings. The number of alkyl halides is 3. The molecule has 2 aromatic rings. The summed E-state index contributed by atoms with van der Waals surface area (Å²) >= 11 is 3.49. The van der Waals surface area contributed by atoms with Gasteiger partial charge in [0.25, 0.3) is 5.91 Å². The maximum Gasteiger partial charge on any atom is 0.416 e. The average molecular weight is 580 g/mol. The summed E-state index contributed by atoms with van der Waals surface area (Å²) in [7, 11) is 0. The van der Waals surface area contributed by atoms with Crippen LogP contribution in [0.25, 0.3) is 0 Å². The molecule has 0 saturated carbocycles. The van der Waals surface area contributed by atoms with Gasteiger partial charge in [-0.3, -0.25) is 4.79 Å². The Kier molecular flexibility index (Phi) is 6.09. The van der Waals surface area contributed by atoms with Crippen LogP contribution in [0.15, 0.2) is 64.3 Å². The fourth-order valence-electron chi connectivity index (χ4n) is 5.17. The van der Waals surface area contributed by atoms with Gasteiger partial charge in [-0.05, 0) is 42.3 Å². The highest BCUT2D eigenvalue weighted by Gasteiger charge is 2.50. The molecule has 0 spiro atoms. The molecule has 2 heterocycles. The Hall–Kier alpha value is -3.67. The zero-order chi connectivity index (χ0) is 26.6. The quantitative estimate of drug-likeness (QED) is 0.445. The zero-order valence-electron chi connectivity index (χ0n) is 18.8. The van der Waals surface area contributed by atoms with Gasteiger partial charge in [-0.1, -0.05) is 34.1 Å². The molecular weight excluding hydrogens is 562 g/mol. The highest BCUT2D eigenvalue weighted by Crippen LogP contribution is 2.48. The molecule has 2 aliphatic heterocycles. The van der Waals surface area contributed by atoms with Crippen molar-refractivity contribution in [3.8, 4) is 0 Å². The van der Waals surface area contributed by atoms with Gasteiger partial charge in [0, 0.05) is 33.8 Å². The maximum absolute atomic E-state index is 14.0. The maximum atomic E-state index is 14.0. The number of carbonyl (C=O) groups is 3. The predicted octanol–water partition coefficient (Wildman–Crippen LogP) is 4.97. The van der Waals surface area contributed by atoms with Crippen LogP contribution in [0.4, 0.5) is 22.4 Å². The van der Waals surface area contributed by atoms with Crippen molar-refractivity contribution in [1.82, 2.24) is 15.5 Å². The number of carbonyl (C=O) groups excluding carboxylic acids is 2. The second-order valence-electron chi connectivity index (χ2n) is 8.89. The van der Waals surface area contributed by atoms with Gasteiger partial charge in [0.05, 0.1) is 23.2 Å². The molecule has 0 radical (unpaired) electrons. The molecule has 3 amide bonds. The number of benzene rings is 2. The number of rotatable bonds is 4. The topological polar surface area (TPSA) is 98.7 Å². The fraction of sp³-hybridized carbons (Fsp3) is 0.240. The molecule has 7 nitrogen and oxygen atoms in total. The lowest BCUT2D eigenvalue weighted by atomic mass is 9.79. The molecule has 3 unspecified atom stereocenters. The van der Waals surface area contributed by atoms with Crippen LogP contribution in [0.3, 0.4) is 0 Å². The number of hydrogen-bond acceptors (Lipinski definition) is 3. The van der Waals surface area contributed by atoms with E-state index in [9.17, 15) is 37.1 Å². The molecular formula is C25H18BrF4N3O4. The predicted molar refractivity (Wildman–Crippen MR) is 126 cm³/mol. The van der Waals surface area contributed by atoms with E-state index in [-0.39, 0.29) is 22.7 Å². The Morgan fingerprint density at radius 1 is 1.16 bits per heavy atom. The van der Waals surface area contributed by atoms with E-state index in [1.165, 1.54) is 6.07 Å². The molecule has 0 bridgehead atoms. The Bertz CT molecular complexity index is 1400. The molecule has 0 aromatic heterocycles. The van der Waals surface area contributed by atoms with Crippen molar-refractivity contribution >= 4 is 33.8 Å². The summed E-state index contributed by atoms with van der Waals surface area (Å²) < 4.78 is 54.2. The Morgan fingerprint density at radius 3 is 2.59 bits per heavy atom. The van der Waals surface area contributed by atoms with Crippen molar-refractivity contribution in [3.05, 3.63) is 92.4 Å². The van der Waals surface area contributed by atoms with Crippen LogP contribution in [0, 0.1) is 11.7 Å². The van der Waals surface area contributed by atoms with E-state index in [0.717, 1.165) is 0 Å². The first-order chi connectivity index (χ1) is 17.5. The lowest BCUT2D eigenvalue weighted by Crippen LogP contribution is -2.55. The van der Waals surface area contributed by atoms with Gasteiger partial charge in [0.15, 0.2) is 0 Å². The van der Waals surface area contributed by atoms with Crippen LogP contribution in [0.5, 0.6) is 0 Å². The van der Waals surface area contributed by atoms with E-state index < -0.39 is 53.1 Å². The Balaban J connectivity index is 1.63. The third-order valence-corrected chi connectivity index (χ3v) is 7.56. The van der Waals surface area contributed by atoms with Crippen molar-refractivity contribution < 1.29 is 37.1 Å². The number of allylic oxidation sites excluding steroid dienone is 1. The van der Waals surface area contributed by atoms with Gasteiger partial charge >= 0.3 is 18.2 Å². The minimum atomic E-state index is -4.86. The molecule has 37 heavy (non-hydrogen) atoms. The first-order valence-corrected chi connectivity index (χ1v) is 11.9. The van der Waals surface area contributed by atoms with E-state index in [4.69, 9.17) is 0 Å². The summed E-state index contributed by atoms with van der Waals surface area (Å²) in [5.74, 6) is -3.59. The molecule has 12 heteroatoms. The van der Waals surface area contributed by atoms with E-state index in [1.54, 1.807) is 29.2 Å². The van der Waals surface area contributed by atoms with Crippen molar-refractivity contribution in [2.45, 2.75) is 24.7 Å². The second-order valence-corrected chi connectivity index (χ2v) is 9.80. The van der Waals surface area contributed by atoms with E-state index in [0.29, 0.717) is 41.2 Å². The van der Waals surface area contributed by atoms with Crippen molar-refractivity contribution in [3.63, 3.8) is 0 Å². The summed E-state index contributed by atoms with van der Waals surface area (Å²) in [4.78, 5) is 39.5. The van der Waals surface area contributed by atoms with Crippen molar-refractivity contribution in [1.29, 1.82) is 0 Å². The van der Waals surface area contributed by atoms with Gasteiger partial charge in [-0.25, -0.2) is 14.0 Å². The minimum Gasteiger partial charge on any atom is -0.478 e. The number of amides is 3. The van der Waals surface area contributed by atoms with Crippen LogP contribution in [0.1, 0.15) is 44.3 Å². The second kappa shape index (κ2) is 9.02. The Morgan fingerprint density at radius 2 is 1.89 bits per heavy atom. The molecule has 5 rings (SSSR count). The lowest BCUT2D eigenvalue weighted by Gasteiger charge is -2.43. The summed E-state index contributed by atoms with van der Waals surface area (Å²) in [5, 5.41) is 15.1. The highest BCUT2D eigenvalue weighted by molar-refractivity contribution is 9.11. The molecule has 3 aliphatic rings. The summed E-state index contributed by atoms with van der Waals surface area (Å²) in [6.07, 6.45) is -2.66. The highest BCUT2D eigenvalue weighted by atomic mass is 79.9. The fourth-order valence-corrected chi connectivity index (χ4v) is 5.88. The number of nitrogens with zero attached hydrogens (tertiary/aromatic N) is 1. The van der Waals surface area contributed by atoms with Crippen LogP contribution in [-0.2, 0) is 6.18 Å². The van der Waals surface area contributed by atoms with Crippen LogP contribution >= 0.6 is 15.9 Å². The SMILES string of the molecule is O=C(NC1=C2C(c3ccccc3C(=O)O)NC(=O)N3CCC(C(Br)=C1)C23)c1cc(F)cc(C(F)(F)F)c1. The number of carboxylic acid groups (broad SMARTS) is 1. The molecule has 192 valence electrons. The van der Waals surface area contributed by atoms with Gasteiger partial charge in [0.1, 0.15) is 5.82 Å². The molecule has 1 aliphatic carbocycles. The largest absolute Gasteiger partial charge is 0.478 e. The van der Waals surface area contributed by atoms with Crippen LogP contribution in [-0.4, -0.2) is 40.5 Å². The Labute approximate surface area is 216 Å². The molecule has 2 aromatic carbocycles. The van der Waals surface area contributed by atoms with Crippen molar-refractivity contribution in [2.24, 2.45) is 5.92 Å². The minimum absolute atomic E-state index is 0.0532. The van der Waals surface area contributed by atoms with Gasteiger partial charge in [-0.2, -0.15) is 13.2 Å². The van der Waals surface area contributed by atoms with E-state index in [1.807, 2.05) is 0 Å². The van der Waals surface area contributed by atoms with Gasteiger partial charge < -0.3 is 20.6 Å². The normalized spacial score (nSPS) is 22.8. The van der Waals surface area contributed by atoms with Gasteiger partial charge in [-0.15, -0.1) is 0 Å². The average Bonchev–Trinajstić information content (AvgIpc) is 3.28. The number of nitrogens with one attached hydrogen (secondary N) is 2. The smallest absolute Gasteiger partial charge is 0.416 e. The molecule has 3 N–H and O–H groups in total. The third-order valence-electron chi connectivity index (χ3n) is 6.74. The van der Waals surface area contributed by atoms with Crippen molar-refractivity contribution in [2.75, 3.05) is 6.54 Å². The van der Waals surface area contributed by atoms with E-state index >= 15 is 0 Å². The van der Waals surface area contributed by atoms with Crippen LogP contribution in [0.2, 0.25) is 0 Å². The lowest BCUT2D eigenvalue weighted by molar-refractivity contribution is -0.137. The summed E-state index contributed by atoms with van der Waals surface area (Å²) in [5.41, 5.74) is -0.962. The molecule has 3 atom stereocenters. The number of carboxylic acids is 1. The first kappa shape index (κ1) is 25.0. The number of urea groups is 1. The van der Waals surface area contributed by atoms with E-state index in [2.05, 4.69) is 26.6 Å².